The Labute approximate surface area is 134 Å². The second-order valence-electron chi connectivity index (χ2n) is 6.00. The lowest BCUT2D eigenvalue weighted by atomic mass is 9.93. The van der Waals surface area contributed by atoms with Crippen LogP contribution in [0.1, 0.15) is 41.8 Å². The fraction of sp³-hybridized carbons (Fsp3) is 0.471. The predicted octanol–water partition coefficient (Wildman–Crippen LogP) is 2.60. The normalized spacial score (nSPS) is 15.8. The molecule has 2 aromatic rings. The smallest absolute Gasteiger partial charge is 0.253 e. The number of aryl methyl sites for hydroxylation is 1. The van der Waals surface area contributed by atoms with Crippen LogP contribution < -0.4 is 0 Å². The first-order valence-corrected chi connectivity index (χ1v) is 8.10. The Balaban J connectivity index is 1.54. The van der Waals surface area contributed by atoms with Gasteiger partial charge in [0.05, 0.1) is 0 Å². The third-order valence-electron chi connectivity index (χ3n) is 4.35. The minimum absolute atomic E-state index is 0.0871. The van der Waals surface area contributed by atoms with Crippen molar-refractivity contribution in [1.82, 2.24) is 20.1 Å². The summed E-state index contributed by atoms with van der Waals surface area (Å²) >= 11 is 0. The molecule has 23 heavy (non-hydrogen) atoms. The number of aromatic nitrogens is 3. The summed E-state index contributed by atoms with van der Waals surface area (Å²) in [4.78, 5) is 18.6. The van der Waals surface area contributed by atoms with E-state index < -0.39 is 0 Å². The van der Waals surface area contributed by atoms with Gasteiger partial charge in [-0.3, -0.25) is 9.89 Å². The Bertz CT molecular complexity index is 677. The predicted molar refractivity (Wildman–Crippen MR) is 84.5 cm³/mol. The molecule has 0 atom stereocenters. The van der Waals surface area contributed by atoms with Gasteiger partial charge in [-0.2, -0.15) is 5.10 Å². The number of nitrogens with one attached hydrogen (secondary N) is 1. The van der Waals surface area contributed by atoms with Crippen molar-refractivity contribution >= 4 is 5.91 Å². The molecule has 1 amide bonds. The first-order chi connectivity index (χ1) is 11.2. The zero-order valence-corrected chi connectivity index (χ0v) is 13.3. The van der Waals surface area contributed by atoms with Gasteiger partial charge in [0.1, 0.15) is 17.5 Å². The van der Waals surface area contributed by atoms with Crippen molar-refractivity contribution in [3.8, 4) is 0 Å². The van der Waals surface area contributed by atoms with Crippen LogP contribution in [-0.2, 0) is 12.8 Å². The molecule has 1 saturated heterocycles. The van der Waals surface area contributed by atoms with Gasteiger partial charge in [-0.25, -0.2) is 9.37 Å². The highest BCUT2D eigenvalue weighted by molar-refractivity contribution is 5.94. The number of rotatable bonds is 4. The summed E-state index contributed by atoms with van der Waals surface area (Å²) in [5.41, 5.74) is 0.422. The Morgan fingerprint density at radius 2 is 2.17 bits per heavy atom. The lowest BCUT2D eigenvalue weighted by molar-refractivity contribution is 0.0689. The van der Waals surface area contributed by atoms with E-state index in [2.05, 4.69) is 15.2 Å². The number of carbonyl (C=O) groups is 1. The minimum atomic E-state index is -0.372. The van der Waals surface area contributed by atoms with Gasteiger partial charge in [0.25, 0.3) is 5.91 Å². The second kappa shape index (κ2) is 6.89. The van der Waals surface area contributed by atoms with E-state index in [1.165, 1.54) is 12.1 Å². The SMILES string of the molecule is CCc1n[nH]c(CC2CCN(C(=O)c3cccc(F)c3)CC2)n1. The summed E-state index contributed by atoms with van der Waals surface area (Å²) < 4.78 is 13.2. The standard InChI is InChI=1S/C17H21FN4O/c1-2-15-19-16(21-20-15)10-12-6-8-22(9-7-12)17(23)13-4-3-5-14(18)11-13/h3-5,11-12H,2,6-10H2,1H3,(H,19,20,21). The van der Waals surface area contributed by atoms with Crippen LogP contribution in [0.4, 0.5) is 4.39 Å². The third-order valence-corrected chi connectivity index (χ3v) is 4.35. The highest BCUT2D eigenvalue weighted by atomic mass is 19.1. The van der Waals surface area contributed by atoms with Crippen LogP contribution in [0.2, 0.25) is 0 Å². The molecule has 3 rings (SSSR count). The number of piperidine rings is 1. The summed E-state index contributed by atoms with van der Waals surface area (Å²) in [6.07, 6.45) is 3.57. The Morgan fingerprint density at radius 1 is 1.39 bits per heavy atom. The Hall–Kier alpha value is -2.24. The number of H-pyrrole nitrogens is 1. The molecule has 1 aromatic carbocycles. The van der Waals surface area contributed by atoms with Gasteiger partial charge in [-0.1, -0.05) is 13.0 Å². The molecule has 6 heteroatoms. The third kappa shape index (κ3) is 3.75. The topological polar surface area (TPSA) is 61.9 Å². The Morgan fingerprint density at radius 3 is 2.83 bits per heavy atom. The highest BCUT2D eigenvalue weighted by Gasteiger charge is 2.24. The van der Waals surface area contributed by atoms with Crippen LogP contribution in [0.25, 0.3) is 0 Å². The van der Waals surface area contributed by atoms with E-state index in [1.54, 1.807) is 12.1 Å². The number of hydrogen-bond acceptors (Lipinski definition) is 3. The maximum atomic E-state index is 13.2. The van der Waals surface area contributed by atoms with Crippen LogP contribution in [0.5, 0.6) is 0 Å². The summed E-state index contributed by atoms with van der Waals surface area (Å²) in [7, 11) is 0. The van der Waals surface area contributed by atoms with Crippen LogP contribution in [0.3, 0.4) is 0 Å². The van der Waals surface area contributed by atoms with E-state index in [1.807, 2.05) is 11.8 Å². The molecule has 122 valence electrons. The van der Waals surface area contributed by atoms with Crippen molar-refractivity contribution in [1.29, 1.82) is 0 Å². The van der Waals surface area contributed by atoms with E-state index >= 15 is 0 Å². The van der Waals surface area contributed by atoms with E-state index in [4.69, 9.17) is 0 Å². The number of aromatic amines is 1. The van der Waals surface area contributed by atoms with E-state index in [9.17, 15) is 9.18 Å². The fourth-order valence-corrected chi connectivity index (χ4v) is 3.00. The van der Waals surface area contributed by atoms with Gasteiger partial charge in [0, 0.05) is 31.5 Å². The molecule has 2 heterocycles. The molecule has 1 N–H and O–H groups in total. The monoisotopic (exact) mass is 316 g/mol. The molecule has 0 unspecified atom stereocenters. The molecule has 0 spiro atoms. The number of nitrogens with zero attached hydrogens (tertiary/aromatic N) is 3. The lowest BCUT2D eigenvalue weighted by Crippen LogP contribution is -2.39. The second-order valence-corrected chi connectivity index (χ2v) is 6.00. The van der Waals surface area contributed by atoms with E-state index in [0.717, 1.165) is 37.3 Å². The van der Waals surface area contributed by atoms with E-state index in [-0.39, 0.29) is 11.7 Å². The average Bonchev–Trinajstić information content (AvgIpc) is 3.02. The van der Waals surface area contributed by atoms with Crippen molar-refractivity contribution in [3.63, 3.8) is 0 Å². The van der Waals surface area contributed by atoms with Crippen LogP contribution >= 0.6 is 0 Å². The van der Waals surface area contributed by atoms with E-state index in [0.29, 0.717) is 24.6 Å². The molecule has 1 aliphatic rings. The van der Waals surface area contributed by atoms with Crippen molar-refractivity contribution < 1.29 is 9.18 Å². The zero-order valence-electron chi connectivity index (χ0n) is 13.3. The largest absolute Gasteiger partial charge is 0.339 e. The zero-order chi connectivity index (χ0) is 16.2. The van der Waals surface area contributed by atoms with Gasteiger partial charge in [-0.15, -0.1) is 0 Å². The van der Waals surface area contributed by atoms with Crippen molar-refractivity contribution in [2.75, 3.05) is 13.1 Å². The summed E-state index contributed by atoms with van der Waals surface area (Å²) in [6.45, 7) is 3.44. The number of halogens is 1. The molecule has 0 aliphatic carbocycles. The van der Waals surface area contributed by atoms with Gasteiger partial charge in [0.2, 0.25) is 0 Å². The molecule has 0 bridgehead atoms. The maximum absolute atomic E-state index is 13.2. The summed E-state index contributed by atoms with van der Waals surface area (Å²) in [6, 6.07) is 5.89. The van der Waals surface area contributed by atoms with Crippen LogP contribution in [-0.4, -0.2) is 39.1 Å². The maximum Gasteiger partial charge on any atom is 0.253 e. The first kappa shape index (κ1) is 15.6. The molecule has 0 saturated carbocycles. The molecular formula is C17H21FN4O. The van der Waals surface area contributed by atoms with Crippen LogP contribution in [0, 0.1) is 11.7 Å². The molecule has 5 nitrogen and oxygen atoms in total. The fourth-order valence-electron chi connectivity index (χ4n) is 3.00. The number of benzene rings is 1. The highest BCUT2D eigenvalue weighted by Crippen LogP contribution is 2.22. The molecular weight excluding hydrogens is 295 g/mol. The Kier molecular flexibility index (Phi) is 4.69. The van der Waals surface area contributed by atoms with Gasteiger partial charge >= 0.3 is 0 Å². The van der Waals surface area contributed by atoms with Gasteiger partial charge < -0.3 is 4.90 Å². The number of hydrogen-bond donors (Lipinski definition) is 1. The van der Waals surface area contributed by atoms with Crippen molar-refractivity contribution in [3.05, 3.63) is 47.3 Å². The van der Waals surface area contributed by atoms with Gasteiger partial charge in [-0.05, 0) is 37.0 Å². The number of likely N-dealkylation sites (tertiary alicyclic amines) is 1. The molecule has 1 fully saturated rings. The van der Waals surface area contributed by atoms with Crippen LogP contribution in [0.15, 0.2) is 24.3 Å². The summed E-state index contributed by atoms with van der Waals surface area (Å²) in [5.74, 6) is 1.82. The first-order valence-electron chi connectivity index (χ1n) is 8.10. The number of amides is 1. The molecule has 1 aromatic heterocycles. The quantitative estimate of drug-likeness (QED) is 0.943. The number of carbonyl (C=O) groups excluding carboxylic acids is 1. The van der Waals surface area contributed by atoms with Gasteiger partial charge in [0.15, 0.2) is 0 Å². The average molecular weight is 316 g/mol. The molecule has 1 aliphatic heterocycles. The minimum Gasteiger partial charge on any atom is -0.339 e. The molecule has 0 radical (unpaired) electrons. The summed E-state index contributed by atoms with van der Waals surface area (Å²) in [5, 5.41) is 7.14. The lowest BCUT2D eigenvalue weighted by Gasteiger charge is -2.31. The van der Waals surface area contributed by atoms with Crippen molar-refractivity contribution in [2.24, 2.45) is 5.92 Å². The van der Waals surface area contributed by atoms with Crippen molar-refractivity contribution in [2.45, 2.75) is 32.6 Å².